The Morgan fingerprint density at radius 2 is 1.85 bits per heavy atom. The largest absolute Gasteiger partial charge is 0.497 e. The number of piperidine rings is 1. The average Bonchev–Trinajstić information content (AvgIpc) is 2.75. The molecule has 1 fully saturated rings. The average molecular weight is 381 g/mol. The first-order chi connectivity index (χ1) is 13.2. The topological polar surface area (TPSA) is 24.5 Å². The molecule has 2 heterocycles. The quantitative estimate of drug-likeness (QED) is 0.788. The lowest BCUT2D eigenvalue weighted by Crippen LogP contribution is -2.49. The highest BCUT2D eigenvalue weighted by molar-refractivity contribution is 7.80. The van der Waals surface area contributed by atoms with Crippen molar-refractivity contribution >= 4 is 17.2 Å². The van der Waals surface area contributed by atoms with Crippen LogP contribution < -0.4 is 10.1 Å². The first-order valence-corrected chi connectivity index (χ1v) is 10.4. The minimum absolute atomic E-state index is 0.0924. The highest BCUT2D eigenvalue weighted by Crippen LogP contribution is 2.41. The van der Waals surface area contributed by atoms with Crippen LogP contribution in [-0.2, 0) is 5.41 Å². The van der Waals surface area contributed by atoms with Crippen molar-refractivity contribution in [1.29, 1.82) is 0 Å². The van der Waals surface area contributed by atoms with Gasteiger partial charge < -0.3 is 15.0 Å². The fourth-order valence-corrected chi connectivity index (χ4v) is 4.83. The summed E-state index contributed by atoms with van der Waals surface area (Å²) in [4.78, 5) is 3.47. The van der Waals surface area contributed by atoms with Crippen molar-refractivity contribution in [1.82, 2.24) is 10.2 Å². The van der Waals surface area contributed by atoms with Gasteiger partial charge in [-0.15, -0.1) is 0 Å². The second kappa shape index (κ2) is 7.99. The summed E-state index contributed by atoms with van der Waals surface area (Å²) in [7, 11) is 1.74. The molecule has 1 atom stereocenters. The van der Waals surface area contributed by atoms with Crippen molar-refractivity contribution in [3.05, 3.63) is 65.2 Å². The molecule has 2 aliphatic heterocycles. The van der Waals surface area contributed by atoms with E-state index < -0.39 is 0 Å². The maximum absolute atomic E-state index is 5.64. The molecule has 27 heavy (non-hydrogen) atoms. The second-order valence-electron chi connectivity index (χ2n) is 7.69. The van der Waals surface area contributed by atoms with Crippen LogP contribution in [0.25, 0.3) is 0 Å². The van der Waals surface area contributed by atoms with Crippen molar-refractivity contribution in [2.45, 2.75) is 31.1 Å². The van der Waals surface area contributed by atoms with Crippen LogP contribution in [0.3, 0.4) is 0 Å². The van der Waals surface area contributed by atoms with Gasteiger partial charge in [-0.25, -0.2) is 0 Å². The summed E-state index contributed by atoms with van der Waals surface area (Å²) in [6, 6.07) is 17.2. The number of hydrogen-bond acceptors (Lipinski definition) is 3. The minimum atomic E-state index is -0.0924. The molecule has 4 rings (SSSR count). The number of methoxy groups -OCH3 is 1. The molecule has 3 nitrogen and oxygen atoms in total. The lowest BCUT2D eigenvalue weighted by Gasteiger charge is -2.42. The lowest BCUT2D eigenvalue weighted by atomic mass is 9.68. The molecule has 4 heteroatoms. The van der Waals surface area contributed by atoms with Crippen molar-refractivity contribution < 1.29 is 4.74 Å². The Labute approximate surface area is 167 Å². The Hall–Kier alpha value is -1.91. The number of fused-ring (bicyclic) bond motifs is 1. The molecule has 1 N–H and O–H groups in total. The number of hydrogen-bond donors (Lipinski definition) is 1. The molecular weight excluding hydrogens is 352 g/mol. The Kier molecular flexibility index (Phi) is 5.46. The molecule has 0 aromatic heterocycles. The second-order valence-corrected chi connectivity index (χ2v) is 8.10. The molecule has 0 radical (unpaired) electrons. The zero-order valence-corrected chi connectivity index (χ0v) is 16.9. The summed E-state index contributed by atoms with van der Waals surface area (Å²) in [5.74, 6) is 0.900. The van der Waals surface area contributed by atoms with Crippen molar-refractivity contribution in [2.24, 2.45) is 0 Å². The minimum Gasteiger partial charge on any atom is -0.497 e. The van der Waals surface area contributed by atoms with Crippen LogP contribution in [-0.4, -0.2) is 43.2 Å². The van der Waals surface area contributed by atoms with Gasteiger partial charge in [0.1, 0.15) is 10.7 Å². The van der Waals surface area contributed by atoms with Crippen molar-refractivity contribution in [3.8, 4) is 5.75 Å². The molecule has 2 aliphatic rings. The summed E-state index contributed by atoms with van der Waals surface area (Å²) in [6.07, 6.45) is 5.10. The third-order valence-electron chi connectivity index (χ3n) is 6.17. The summed E-state index contributed by atoms with van der Waals surface area (Å²) in [5.41, 5.74) is 3.70. The van der Waals surface area contributed by atoms with E-state index in [0.29, 0.717) is 0 Å². The lowest BCUT2D eigenvalue weighted by molar-refractivity contribution is 0.210. The van der Waals surface area contributed by atoms with E-state index in [2.05, 4.69) is 52.7 Å². The van der Waals surface area contributed by atoms with Gasteiger partial charge in [-0.05, 0) is 68.2 Å². The maximum atomic E-state index is 5.64. The molecule has 1 unspecified atom stereocenters. The normalized spacial score (nSPS) is 22.8. The van der Waals surface area contributed by atoms with E-state index in [1.54, 1.807) is 7.11 Å². The summed E-state index contributed by atoms with van der Waals surface area (Å²) in [6.45, 7) is 4.40. The molecule has 2 aromatic carbocycles. The molecule has 2 aromatic rings. The van der Waals surface area contributed by atoms with E-state index in [1.165, 1.54) is 43.5 Å². The highest BCUT2D eigenvalue weighted by atomic mass is 32.1. The van der Waals surface area contributed by atoms with E-state index in [-0.39, 0.29) is 5.41 Å². The van der Waals surface area contributed by atoms with Gasteiger partial charge in [0.2, 0.25) is 0 Å². The summed E-state index contributed by atoms with van der Waals surface area (Å²) in [5, 5.41) is 3.52. The number of likely N-dealkylation sites (tertiary alicyclic amines) is 1. The number of thiocarbonyl (C=S) groups is 1. The smallest absolute Gasteiger partial charge is 0.119 e. The fourth-order valence-electron chi connectivity index (χ4n) is 4.58. The standard InChI is InChI=1S/C23H28N2OS/c1-26-19-10-11-20-21(16-19)23(17-24-22(20)27,18-8-4-2-5-9-18)12-15-25-13-6-3-7-14-25/h2,4-5,8-11,16H,3,6-7,12-15,17H2,1H3,(H,24,27). The Bertz CT molecular complexity index is 801. The van der Waals surface area contributed by atoms with E-state index in [4.69, 9.17) is 17.0 Å². The highest BCUT2D eigenvalue weighted by Gasteiger charge is 2.40. The summed E-state index contributed by atoms with van der Waals surface area (Å²) < 4.78 is 5.57. The van der Waals surface area contributed by atoms with E-state index in [9.17, 15) is 0 Å². The zero-order chi connectivity index (χ0) is 18.7. The van der Waals surface area contributed by atoms with Gasteiger partial charge in [0.05, 0.1) is 7.11 Å². The third kappa shape index (κ3) is 3.61. The van der Waals surface area contributed by atoms with Gasteiger partial charge in [-0.1, -0.05) is 49.0 Å². The van der Waals surface area contributed by atoms with Crippen LogP contribution in [0.1, 0.15) is 42.4 Å². The first-order valence-electron chi connectivity index (χ1n) is 9.97. The van der Waals surface area contributed by atoms with Gasteiger partial charge in [-0.3, -0.25) is 0 Å². The number of rotatable bonds is 5. The molecule has 0 spiro atoms. The predicted molar refractivity (Wildman–Crippen MR) is 115 cm³/mol. The van der Waals surface area contributed by atoms with Crippen molar-refractivity contribution in [2.75, 3.05) is 33.3 Å². The molecular formula is C23H28N2OS. The van der Waals surface area contributed by atoms with Crippen LogP contribution in [0, 0.1) is 0 Å². The SMILES string of the molecule is COc1ccc2c(c1)C(CCN1CCCCC1)(c1ccccc1)CNC2=S. The van der Waals surface area contributed by atoms with E-state index >= 15 is 0 Å². The van der Waals surface area contributed by atoms with Crippen LogP contribution in [0.4, 0.5) is 0 Å². The number of ether oxygens (including phenoxy) is 1. The molecule has 142 valence electrons. The van der Waals surface area contributed by atoms with Gasteiger partial charge >= 0.3 is 0 Å². The van der Waals surface area contributed by atoms with E-state index in [1.807, 2.05) is 6.07 Å². The molecule has 0 bridgehead atoms. The molecule has 0 aliphatic carbocycles. The van der Waals surface area contributed by atoms with Gasteiger partial charge in [0.25, 0.3) is 0 Å². The summed E-state index contributed by atoms with van der Waals surface area (Å²) >= 11 is 5.64. The zero-order valence-electron chi connectivity index (χ0n) is 16.0. The Morgan fingerprint density at radius 3 is 2.59 bits per heavy atom. The predicted octanol–water partition coefficient (Wildman–Crippen LogP) is 4.14. The van der Waals surface area contributed by atoms with E-state index in [0.717, 1.165) is 35.8 Å². The van der Waals surface area contributed by atoms with Crippen LogP contribution in [0.2, 0.25) is 0 Å². The number of benzene rings is 2. The van der Waals surface area contributed by atoms with Crippen LogP contribution >= 0.6 is 12.2 Å². The van der Waals surface area contributed by atoms with Gasteiger partial charge in [0, 0.05) is 17.5 Å². The number of nitrogens with one attached hydrogen (secondary N) is 1. The van der Waals surface area contributed by atoms with Gasteiger partial charge in [0.15, 0.2) is 0 Å². The fraction of sp³-hybridized carbons (Fsp3) is 0.435. The number of nitrogens with zero attached hydrogens (tertiary/aromatic N) is 1. The maximum Gasteiger partial charge on any atom is 0.119 e. The monoisotopic (exact) mass is 380 g/mol. The first kappa shape index (κ1) is 18.5. The van der Waals surface area contributed by atoms with Crippen LogP contribution in [0.5, 0.6) is 5.75 Å². The Balaban J connectivity index is 1.77. The Morgan fingerprint density at radius 1 is 1.07 bits per heavy atom. The molecule has 1 saturated heterocycles. The third-order valence-corrected chi connectivity index (χ3v) is 6.53. The van der Waals surface area contributed by atoms with Crippen molar-refractivity contribution in [3.63, 3.8) is 0 Å². The van der Waals surface area contributed by atoms with Crippen LogP contribution in [0.15, 0.2) is 48.5 Å². The molecule has 0 amide bonds. The van der Waals surface area contributed by atoms with Gasteiger partial charge in [-0.2, -0.15) is 0 Å². The molecule has 0 saturated carbocycles.